The van der Waals surface area contributed by atoms with Crippen molar-refractivity contribution in [2.45, 2.75) is 303 Å². The van der Waals surface area contributed by atoms with Crippen LogP contribution in [0.25, 0.3) is 0 Å². The number of ether oxygens (including phenoxy) is 3. The minimum atomic E-state index is -0.785. The van der Waals surface area contributed by atoms with E-state index in [1.54, 1.807) is 0 Å². The van der Waals surface area contributed by atoms with Crippen molar-refractivity contribution >= 4 is 17.9 Å². The summed E-state index contributed by atoms with van der Waals surface area (Å²) >= 11 is 0. The van der Waals surface area contributed by atoms with Gasteiger partial charge in [0.05, 0.1) is 0 Å². The van der Waals surface area contributed by atoms with E-state index in [1.807, 2.05) is 0 Å². The molecule has 0 aromatic carbocycles. The van der Waals surface area contributed by atoms with Gasteiger partial charge in [0.25, 0.3) is 0 Å². The number of allylic oxidation sites excluding steroid dienone is 16. The van der Waals surface area contributed by atoms with Crippen LogP contribution in [0, 0.1) is 0 Å². The van der Waals surface area contributed by atoms with E-state index >= 15 is 0 Å². The first-order valence-electron chi connectivity index (χ1n) is 31.2. The summed E-state index contributed by atoms with van der Waals surface area (Å²) in [6.45, 7) is 6.50. The average Bonchev–Trinajstić information content (AvgIpc) is 3.40. The normalized spacial score (nSPS) is 12.7. The zero-order chi connectivity index (χ0) is 53.6. The van der Waals surface area contributed by atoms with Crippen LogP contribution >= 0.6 is 0 Å². The Hall–Kier alpha value is -3.67. The van der Waals surface area contributed by atoms with Gasteiger partial charge in [-0.1, -0.05) is 291 Å². The minimum Gasteiger partial charge on any atom is -0.462 e. The summed E-state index contributed by atoms with van der Waals surface area (Å²) in [5.74, 6) is -0.903. The van der Waals surface area contributed by atoms with Crippen LogP contribution in [0.15, 0.2) is 97.2 Å². The fraction of sp³-hybridized carbons (Fsp3) is 0.721. The van der Waals surface area contributed by atoms with Crippen LogP contribution < -0.4 is 0 Å². The van der Waals surface area contributed by atoms with Crippen molar-refractivity contribution in [3.8, 4) is 0 Å². The van der Waals surface area contributed by atoms with Crippen LogP contribution in [0.2, 0.25) is 0 Å². The van der Waals surface area contributed by atoms with Crippen LogP contribution in [-0.2, 0) is 28.6 Å². The summed E-state index contributed by atoms with van der Waals surface area (Å²) in [7, 11) is 0. The first-order valence-corrected chi connectivity index (χ1v) is 31.2. The quantitative estimate of drug-likeness (QED) is 0.0261. The SMILES string of the molecule is CC/C=C\C/C=C\C/C=C\C/C=C\C/C=C\C/C=C\C/C=C\C/C=C\CCCCCCC(=O)OCC(COC(=O)CCCCCCCCCC)OC(=O)CCCCCCCCCCCCCCCCCCCCC. The third-order valence-electron chi connectivity index (χ3n) is 13.4. The van der Waals surface area contributed by atoms with Crippen LogP contribution in [0.1, 0.15) is 297 Å². The molecule has 0 aliphatic carbocycles. The molecule has 0 heterocycles. The van der Waals surface area contributed by atoms with E-state index in [2.05, 4.69) is 118 Å². The third-order valence-corrected chi connectivity index (χ3v) is 13.4. The molecule has 0 saturated heterocycles. The summed E-state index contributed by atoms with van der Waals surface area (Å²) in [5.41, 5.74) is 0. The van der Waals surface area contributed by atoms with E-state index in [-0.39, 0.29) is 31.1 Å². The molecule has 0 N–H and O–H groups in total. The first kappa shape index (κ1) is 70.3. The van der Waals surface area contributed by atoms with Crippen molar-refractivity contribution in [3.63, 3.8) is 0 Å². The molecule has 0 saturated carbocycles. The molecule has 0 aromatic heterocycles. The minimum absolute atomic E-state index is 0.0825. The molecule has 0 fully saturated rings. The van der Waals surface area contributed by atoms with Gasteiger partial charge in [-0.15, -0.1) is 0 Å². The number of unbranched alkanes of at least 4 members (excludes halogenated alkanes) is 29. The van der Waals surface area contributed by atoms with Crippen LogP contribution in [-0.4, -0.2) is 37.2 Å². The molecule has 0 radical (unpaired) electrons. The van der Waals surface area contributed by atoms with E-state index in [0.29, 0.717) is 19.3 Å². The van der Waals surface area contributed by atoms with Crippen LogP contribution in [0.5, 0.6) is 0 Å². The number of hydrogen-bond donors (Lipinski definition) is 0. The number of carbonyl (C=O) groups is 3. The summed E-state index contributed by atoms with van der Waals surface area (Å²) in [5, 5.41) is 0. The van der Waals surface area contributed by atoms with Crippen molar-refractivity contribution in [1.82, 2.24) is 0 Å². The topological polar surface area (TPSA) is 78.9 Å². The molecule has 1 atom stereocenters. The van der Waals surface area contributed by atoms with E-state index < -0.39 is 6.10 Å². The van der Waals surface area contributed by atoms with Crippen molar-refractivity contribution in [2.24, 2.45) is 0 Å². The molecule has 1 unspecified atom stereocenters. The molecular formula is C68H116O6. The molecule has 0 rings (SSSR count). The summed E-state index contributed by atoms with van der Waals surface area (Å²) in [6.07, 6.45) is 82.8. The highest BCUT2D eigenvalue weighted by Gasteiger charge is 2.19. The van der Waals surface area contributed by atoms with Gasteiger partial charge in [0.1, 0.15) is 13.2 Å². The summed E-state index contributed by atoms with van der Waals surface area (Å²) < 4.78 is 16.8. The Labute approximate surface area is 457 Å². The summed E-state index contributed by atoms with van der Waals surface area (Å²) in [6, 6.07) is 0. The third kappa shape index (κ3) is 59.2. The Morgan fingerprint density at radius 1 is 0.284 bits per heavy atom. The fourth-order valence-corrected chi connectivity index (χ4v) is 8.69. The molecular weight excluding hydrogens is 913 g/mol. The van der Waals surface area contributed by atoms with Gasteiger partial charge in [-0.3, -0.25) is 14.4 Å². The Kier molecular flexibility index (Phi) is 58.8. The monoisotopic (exact) mass is 1030 g/mol. The number of esters is 3. The zero-order valence-corrected chi connectivity index (χ0v) is 48.6. The summed E-state index contributed by atoms with van der Waals surface area (Å²) in [4.78, 5) is 38.1. The zero-order valence-electron chi connectivity index (χ0n) is 48.6. The highest BCUT2D eigenvalue weighted by atomic mass is 16.6. The molecule has 0 amide bonds. The molecule has 0 aromatic rings. The highest BCUT2D eigenvalue weighted by molar-refractivity contribution is 5.71. The Balaban J connectivity index is 4.25. The van der Waals surface area contributed by atoms with E-state index in [9.17, 15) is 14.4 Å². The van der Waals surface area contributed by atoms with Gasteiger partial charge < -0.3 is 14.2 Å². The highest BCUT2D eigenvalue weighted by Crippen LogP contribution is 2.16. The van der Waals surface area contributed by atoms with E-state index in [0.717, 1.165) is 122 Å². The van der Waals surface area contributed by atoms with Gasteiger partial charge in [0.15, 0.2) is 6.10 Å². The maximum Gasteiger partial charge on any atom is 0.306 e. The predicted molar refractivity (Wildman–Crippen MR) is 320 cm³/mol. The lowest BCUT2D eigenvalue weighted by Crippen LogP contribution is -2.30. The lowest BCUT2D eigenvalue weighted by Gasteiger charge is -2.18. The molecule has 0 aliphatic rings. The first-order chi connectivity index (χ1) is 36.5. The average molecular weight is 1030 g/mol. The van der Waals surface area contributed by atoms with Crippen LogP contribution in [0.3, 0.4) is 0 Å². The molecule has 0 aliphatic heterocycles. The van der Waals surface area contributed by atoms with Gasteiger partial charge >= 0.3 is 17.9 Å². The smallest absolute Gasteiger partial charge is 0.306 e. The molecule has 424 valence electrons. The van der Waals surface area contributed by atoms with Crippen molar-refractivity contribution < 1.29 is 28.6 Å². The Bertz CT molecular complexity index is 1460. The molecule has 0 spiro atoms. The maximum absolute atomic E-state index is 12.9. The fourth-order valence-electron chi connectivity index (χ4n) is 8.69. The Morgan fingerprint density at radius 3 is 0.824 bits per heavy atom. The predicted octanol–water partition coefficient (Wildman–Crippen LogP) is 21.3. The van der Waals surface area contributed by atoms with Crippen molar-refractivity contribution in [2.75, 3.05) is 13.2 Å². The van der Waals surface area contributed by atoms with Gasteiger partial charge in [-0.05, 0) is 83.5 Å². The molecule has 74 heavy (non-hydrogen) atoms. The van der Waals surface area contributed by atoms with Gasteiger partial charge in [-0.2, -0.15) is 0 Å². The molecule has 0 bridgehead atoms. The van der Waals surface area contributed by atoms with E-state index in [1.165, 1.54) is 135 Å². The molecule has 6 heteroatoms. The maximum atomic E-state index is 12.9. The number of hydrogen-bond acceptors (Lipinski definition) is 6. The van der Waals surface area contributed by atoms with Gasteiger partial charge in [0, 0.05) is 19.3 Å². The number of carbonyl (C=O) groups excluding carboxylic acids is 3. The van der Waals surface area contributed by atoms with Crippen LogP contribution in [0.4, 0.5) is 0 Å². The largest absolute Gasteiger partial charge is 0.462 e. The van der Waals surface area contributed by atoms with Crippen molar-refractivity contribution in [3.05, 3.63) is 97.2 Å². The second kappa shape index (κ2) is 61.9. The lowest BCUT2D eigenvalue weighted by molar-refractivity contribution is -0.167. The van der Waals surface area contributed by atoms with Gasteiger partial charge in [0.2, 0.25) is 0 Å². The standard InChI is InChI=1S/C68H116O6/c1-4-7-10-13-16-19-21-23-25-27-29-30-31-32-33-34-35-36-37-38-40-41-43-45-47-49-52-55-58-61-67(70)73-64-65(63-72-66(69)60-57-54-51-18-15-12-9-6-3)74-68(71)62-59-56-53-50-48-46-44-42-39-28-26-24-22-20-17-14-11-8-5-2/h7,10,16,19,23,25,29-30,32-33,35-36,38,40,43,45,65H,4-6,8-9,11-15,17-18,20-22,24,26-28,31,34,37,39,41-42,44,46-64H2,1-3H3/b10-7-,19-16-,25-23-,30-29-,33-32-,36-35-,40-38-,45-43-. The Morgan fingerprint density at radius 2 is 0.527 bits per heavy atom. The molecule has 6 nitrogen and oxygen atoms in total. The number of rotatable bonds is 56. The van der Waals surface area contributed by atoms with E-state index in [4.69, 9.17) is 14.2 Å². The van der Waals surface area contributed by atoms with Crippen molar-refractivity contribution in [1.29, 1.82) is 0 Å². The lowest BCUT2D eigenvalue weighted by atomic mass is 10.0. The van der Waals surface area contributed by atoms with Gasteiger partial charge in [-0.25, -0.2) is 0 Å². The second-order valence-corrected chi connectivity index (χ2v) is 20.6. The second-order valence-electron chi connectivity index (χ2n) is 20.6.